The summed E-state index contributed by atoms with van der Waals surface area (Å²) in [5, 5.41) is 14.0. The number of hydrogen-bond donors (Lipinski definition) is 2. The first kappa shape index (κ1) is 19.4. The second-order valence-electron chi connectivity index (χ2n) is 6.13. The number of nitrogens with zero attached hydrogens (tertiary/aromatic N) is 2. The zero-order valence-electron chi connectivity index (χ0n) is 15.0. The summed E-state index contributed by atoms with van der Waals surface area (Å²) in [5.41, 5.74) is 4.13. The van der Waals surface area contributed by atoms with E-state index >= 15 is 0 Å². The quantitative estimate of drug-likeness (QED) is 0.590. The molecule has 2 N–H and O–H groups in total. The number of carbonyl (C=O) groups excluding carboxylic acids is 2. The lowest BCUT2D eigenvalue weighted by Gasteiger charge is -2.12. The summed E-state index contributed by atoms with van der Waals surface area (Å²) < 4.78 is 0.645. The first-order chi connectivity index (χ1) is 11.8. The van der Waals surface area contributed by atoms with Crippen LogP contribution in [0.3, 0.4) is 0 Å². The van der Waals surface area contributed by atoms with Gasteiger partial charge in [-0.2, -0.15) is 0 Å². The van der Waals surface area contributed by atoms with Crippen LogP contribution in [0.15, 0.2) is 16.5 Å². The average Bonchev–Trinajstić information content (AvgIpc) is 2.96. The minimum absolute atomic E-state index is 0.0944. The Balaban J connectivity index is 1.91. The Bertz CT molecular complexity index is 764. The third-order valence-corrected chi connectivity index (χ3v) is 5.40. The molecule has 0 fully saturated rings. The van der Waals surface area contributed by atoms with Crippen LogP contribution in [-0.2, 0) is 9.59 Å². The Labute approximate surface area is 155 Å². The number of rotatable bonds is 6. The topological polar surface area (TPSA) is 84.0 Å². The molecule has 2 rings (SSSR count). The lowest BCUT2D eigenvalue weighted by atomic mass is 10.1. The molecule has 134 valence electrons. The van der Waals surface area contributed by atoms with Gasteiger partial charge in [0.1, 0.15) is 0 Å². The monoisotopic (exact) mass is 378 g/mol. The van der Waals surface area contributed by atoms with E-state index in [2.05, 4.69) is 20.8 Å². The van der Waals surface area contributed by atoms with E-state index in [-0.39, 0.29) is 23.5 Å². The van der Waals surface area contributed by atoms with Gasteiger partial charge < -0.3 is 10.6 Å². The molecule has 0 saturated carbocycles. The zero-order valence-corrected chi connectivity index (χ0v) is 16.6. The number of hydrogen-bond acceptors (Lipinski definition) is 6. The van der Waals surface area contributed by atoms with Gasteiger partial charge in [0.25, 0.3) is 0 Å². The first-order valence-electron chi connectivity index (χ1n) is 7.91. The van der Waals surface area contributed by atoms with Crippen LogP contribution in [0.25, 0.3) is 0 Å². The predicted molar refractivity (Wildman–Crippen MR) is 103 cm³/mol. The van der Waals surface area contributed by atoms with Crippen LogP contribution in [0.2, 0.25) is 0 Å². The maximum absolute atomic E-state index is 12.2. The summed E-state index contributed by atoms with van der Waals surface area (Å²) in [7, 11) is 0. The summed E-state index contributed by atoms with van der Waals surface area (Å²) in [4.78, 5) is 23.8. The van der Waals surface area contributed by atoms with Crippen LogP contribution in [0.1, 0.15) is 30.5 Å². The van der Waals surface area contributed by atoms with E-state index < -0.39 is 0 Å². The molecule has 2 aromatic rings. The van der Waals surface area contributed by atoms with Gasteiger partial charge >= 0.3 is 0 Å². The number of carbonyl (C=O) groups is 2. The van der Waals surface area contributed by atoms with Crippen molar-refractivity contribution in [2.75, 3.05) is 16.4 Å². The molecule has 0 aliphatic carbocycles. The molecule has 2 amide bonds. The molecule has 0 spiro atoms. The molecule has 0 atom stereocenters. The molecule has 0 saturated heterocycles. The fraction of sp³-hybridized carbons (Fsp3) is 0.412. The highest BCUT2D eigenvalue weighted by Crippen LogP contribution is 2.27. The van der Waals surface area contributed by atoms with Crippen LogP contribution in [-0.4, -0.2) is 27.8 Å². The normalized spacial score (nSPS) is 10.8. The smallest absolute Gasteiger partial charge is 0.234 e. The highest BCUT2D eigenvalue weighted by atomic mass is 32.2. The summed E-state index contributed by atoms with van der Waals surface area (Å²) in [6.07, 6.45) is 0. The minimum Gasteiger partial charge on any atom is -0.325 e. The average molecular weight is 379 g/mol. The molecule has 0 radical (unpaired) electrons. The van der Waals surface area contributed by atoms with Crippen molar-refractivity contribution >= 4 is 45.7 Å². The van der Waals surface area contributed by atoms with Crippen molar-refractivity contribution in [3.8, 4) is 0 Å². The van der Waals surface area contributed by atoms with Crippen LogP contribution < -0.4 is 10.6 Å². The van der Waals surface area contributed by atoms with Crippen molar-refractivity contribution in [2.24, 2.45) is 5.92 Å². The molecule has 1 aromatic carbocycles. The van der Waals surface area contributed by atoms with Gasteiger partial charge in [0, 0.05) is 11.6 Å². The lowest BCUT2D eigenvalue weighted by Crippen LogP contribution is -2.17. The number of nitrogens with one attached hydrogen (secondary N) is 2. The van der Waals surface area contributed by atoms with E-state index in [0.29, 0.717) is 9.47 Å². The Kier molecular flexibility index (Phi) is 6.55. The number of benzene rings is 1. The molecule has 0 aliphatic rings. The second kappa shape index (κ2) is 8.44. The Hall–Kier alpha value is -1.93. The molecule has 6 nitrogen and oxygen atoms in total. The van der Waals surface area contributed by atoms with E-state index in [4.69, 9.17) is 0 Å². The maximum Gasteiger partial charge on any atom is 0.234 e. The van der Waals surface area contributed by atoms with Crippen LogP contribution >= 0.6 is 23.1 Å². The van der Waals surface area contributed by atoms with E-state index in [1.807, 2.05) is 46.8 Å². The number of aryl methyl sites for hydroxylation is 3. The van der Waals surface area contributed by atoms with Gasteiger partial charge in [-0.05, 0) is 31.9 Å². The third-order valence-electron chi connectivity index (χ3n) is 3.43. The maximum atomic E-state index is 12.2. The molecule has 8 heteroatoms. The third kappa shape index (κ3) is 5.54. The van der Waals surface area contributed by atoms with Crippen molar-refractivity contribution in [3.05, 3.63) is 28.8 Å². The van der Waals surface area contributed by atoms with E-state index in [1.54, 1.807) is 0 Å². The second-order valence-corrected chi connectivity index (χ2v) is 8.33. The van der Waals surface area contributed by atoms with Crippen molar-refractivity contribution in [1.82, 2.24) is 10.2 Å². The van der Waals surface area contributed by atoms with Gasteiger partial charge in [-0.3, -0.25) is 9.59 Å². The number of thioether (sulfide) groups is 1. The molecular weight excluding hydrogens is 356 g/mol. The number of anilines is 2. The van der Waals surface area contributed by atoms with Gasteiger partial charge in [-0.15, -0.1) is 10.2 Å². The Morgan fingerprint density at radius 3 is 2.36 bits per heavy atom. The van der Waals surface area contributed by atoms with Crippen molar-refractivity contribution in [3.63, 3.8) is 0 Å². The van der Waals surface area contributed by atoms with Gasteiger partial charge in [0.05, 0.1) is 5.75 Å². The van der Waals surface area contributed by atoms with Gasteiger partial charge in [-0.1, -0.05) is 54.6 Å². The van der Waals surface area contributed by atoms with Crippen molar-refractivity contribution in [2.45, 2.75) is 39.0 Å². The predicted octanol–water partition coefficient (Wildman–Crippen LogP) is 3.79. The first-order valence-corrected chi connectivity index (χ1v) is 9.71. The standard InChI is InChI=1S/C17H22N4O2S2/c1-9(2)15(23)19-16-20-21-17(25-16)24-8-13(22)18-14-11(4)6-10(3)7-12(14)5/h6-7,9H,8H2,1-5H3,(H,18,22)(H,19,20,23). The molecule has 0 bridgehead atoms. The molecule has 0 unspecified atom stereocenters. The summed E-state index contributed by atoms with van der Waals surface area (Å²) in [6, 6.07) is 4.09. The SMILES string of the molecule is Cc1cc(C)c(NC(=O)CSc2nnc(NC(=O)C(C)C)s2)c(C)c1. The Morgan fingerprint density at radius 1 is 1.12 bits per heavy atom. The summed E-state index contributed by atoms with van der Waals surface area (Å²) in [6.45, 7) is 9.62. The highest BCUT2D eigenvalue weighted by molar-refractivity contribution is 8.01. The van der Waals surface area contributed by atoms with Crippen LogP contribution in [0.5, 0.6) is 0 Å². The molecule has 1 heterocycles. The fourth-order valence-electron chi connectivity index (χ4n) is 2.25. The summed E-state index contributed by atoms with van der Waals surface area (Å²) in [5.74, 6) is -0.0787. The Morgan fingerprint density at radius 2 is 1.76 bits per heavy atom. The van der Waals surface area contributed by atoms with E-state index in [1.165, 1.54) is 28.7 Å². The molecule has 0 aliphatic heterocycles. The van der Waals surface area contributed by atoms with E-state index in [9.17, 15) is 9.59 Å². The molecular formula is C17H22N4O2S2. The minimum atomic E-state index is -0.119. The largest absolute Gasteiger partial charge is 0.325 e. The highest BCUT2D eigenvalue weighted by Gasteiger charge is 2.13. The van der Waals surface area contributed by atoms with E-state index in [0.717, 1.165) is 16.8 Å². The van der Waals surface area contributed by atoms with Crippen LogP contribution in [0, 0.1) is 26.7 Å². The summed E-state index contributed by atoms with van der Waals surface area (Å²) >= 11 is 2.56. The molecule has 25 heavy (non-hydrogen) atoms. The van der Waals surface area contributed by atoms with Gasteiger partial charge in [0.15, 0.2) is 4.34 Å². The number of aromatic nitrogens is 2. The fourth-order valence-corrected chi connectivity index (χ4v) is 3.80. The zero-order chi connectivity index (χ0) is 18.6. The van der Waals surface area contributed by atoms with Crippen molar-refractivity contribution < 1.29 is 9.59 Å². The van der Waals surface area contributed by atoms with Gasteiger partial charge in [-0.25, -0.2) is 0 Å². The molecule has 1 aromatic heterocycles. The van der Waals surface area contributed by atoms with Crippen LogP contribution in [0.4, 0.5) is 10.8 Å². The number of amides is 2. The van der Waals surface area contributed by atoms with Gasteiger partial charge in [0.2, 0.25) is 16.9 Å². The van der Waals surface area contributed by atoms with Crippen molar-refractivity contribution in [1.29, 1.82) is 0 Å². The lowest BCUT2D eigenvalue weighted by molar-refractivity contribution is -0.119.